The predicted octanol–water partition coefficient (Wildman–Crippen LogP) is 2.04. The maximum absolute atomic E-state index is 11.8. The summed E-state index contributed by atoms with van der Waals surface area (Å²) < 4.78 is 23.6. The Kier molecular flexibility index (Phi) is 5.44. The fourth-order valence-corrected chi connectivity index (χ4v) is 3.24. The van der Waals surface area contributed by atoms with E-state index in [1.165, 1.54) is 13.1 Å². The molecule has 0 radical (unpaired) electrons. The Morgan fingerprint density at radius 2 is 2.00 bits per heavy atom. The van der Waals surface area contributed by atoms with Crippen LogP contribution in [0.4, 0.5) is 0 Å². The van der Waals surface area contributed by atoms with Crippen molar-refractivity contribution in [2.75, 3.05) is 12.8 Å². The Balaban J connectivity index is 2.73. The number of nitrogens with one attached hydrogen (secondary N) is 1. The lowest BCUT2D eigenvalue weighted by Crippen LogP contribution is -2.22. The summed E-state index contributed by atoms with van der Waals surface area (Å²) in [5, 5.41) is 3.13. The number of carbonyl (C=O) groups excluding carboxylic acids is 1. The molecule has 0 atom stereocenters. The molecule has 0 aliphatic carbocycles. The summed E-state index contributed by atoms with van der Waals surface area (Å²) in [6, 6.07) is 4.64. The molecule has 0 bridgehead atoms. The predicted molar refractivity (Wildman–Crippen MR) is 72.6 cm³/mol. The van der Waals surface area contributed by atoms with Crippen molar-refractivity contribution < 1.29 is 13.2 Å². The van der Waals surface area contributed by atoms with E-state index in [0.717, 1.165) is 0 Å². The molecule has 0 fully saturated rings. The van der Waals surface area contributed by atoms with Crippen LogP contribution in [0.2, 0.25) is 10.0 Å². The minimum atomic E-state index is -3.36. The molecule has 0 spiro atoms. The first kappa shape index (κ1) is 15.3. The van der Waals surface area contributed by atoms with E-state index in [4.69, 9.17) is 23.2 Å². The van der Waals surface area contributed by atoms with E-state index in [-0.39, 0.29) is 23.8 Å². The number of hydrogen-bond donors (Lipinski definition) is 1. The molecule has 0 unspecified atom stereocenters. The van der Waals surface area contributed by atoms with E-state index in [0.29, 0.717) is 15.6 Å². The number of amides is 1. The molecule has 100 valence electrons. The number of halogens is 2. The Morgan fingerprint density at radius 3 is 2.56 bits per heavy atom. The molecule has 4 nitrogen and oxygen atoms in total. The van der Waals surface area contributed by atoms with E-state index < -0.39 is 9.84 Å². The molecule has 1 amide bonds. The quantitative estimate of drug-likeness (QED) is 0.905. The summed E-state index contributed by atoms with van der Waals surface area (Å²) in [5.74, 6) is -0.702. The maximum atomic E-state index is 11.8. The Morgan fingerprint density at radius 1 is 1.33 bits per heavy atom. The fraction of sp³-hybridized carbons (Fsp3) is 0.364. The number of benzene rings is 1. The van der Waals surface area contributed by atoms with E-state index in [1.54, 1.807) is 12.1 Å². The number of rotatable bonds is 5. The van der Waals surface area contributed by atoms with E-state index in [2.05, 4.69) is 5.32 Å². The summed E-state index contributed by atoms with van der Waals surface area (Å²) in [6.07, 6.45) is -0.0515. The van der Waals surface area contributed by atoms with Gasteiger partial charge in [-0.1, -0.05) is 29.3 Å². The monoisotopic (exact) mass is 309 g/mol. The molecule has 1 aromatic carbocycles. The molecule has 0 aliphatic heterocycles. The summed E-state index contributed by atoms with van der Waals surface area (Å²) in [5.41, 5.74) is 0.484. The van der Waals surface area contributed by atoms with Crippen LogP contribution in [0.3, 0.4) is 0 Å². The smallest absolute Gasteiger partial charge is 0.220 e. The molecule has 7 heteroatoms. The van der Waals surface area contributed by atoms with Gasteiger partial charge in [-0.05, 0) is 17.7 Å². The van der Waals surface area contributed by atoms with Crippen molar-refractivity contribution in [3.05, 3.63) is 33.8 Å². The van der Waals surface area contributed by atoms with Crippen LogP contribution in [0.25, 0.3) is 0 Å². The highest BCUT2D eigenvalue weighted by molar-refractivity contribution is 7.90. The zero-order chi connectivity index (χ0) is 13.8. The zero-order valence-corrected chi connectivity index (χ0v) is 12.1. The van der Waals surface area contributed by atoms with Gasteiger partial charge in [-0.2, -0.15) is 0 Å². The molecule has 0 saturated heterocycles. The van der Waals surface area contributed by atoms with Crippen molar-refractivity contribution in [1.29, 1.82) is 0 Å². The summed E-state index contributed by atoms with van der Waals surface area (Å²) >= 11 is 11.6. The van der Waals surface area contributed by atoms with E-state index in [9.17, 15) is 13.2 Å². The minimum Gasteiger partial charge on any atom is -0.359 e. The van der Waals surface area contributed by atoms with E-state index in [1.807, 2.05) is 0 Å². The number of hydrogen-bond acceptors (Lipinski definition) is 3. The molecular weight excluding hydrogens is 297 g/mol. The van der Waals surface area contributed by atoms with Crippen molar-refractivity contribution in [3.63, 3.8) is 0 Å². The minimum absolute atomic E-state index is 0.0515. The molecule has 1 aromatic rings. The second-order valence-corrected chi connectivity index (χ2v) is 6.78. The van der Waals surface area contributed by atoms with Gasteiger partial charge in [0.05, 0.1) is 11.5 Å². The highest BCUT2D eigenvalue weighted by Crippen LogP contribution is 2.23. The van der Waals surface area contributed by atoms with Crippen LogP contribution in [0.5, 0.6) is 0 Å². The van der Waals surface area contributed by atoms with Crippen LogP contribution < -0.4 is 5.32 Å². The second kappa shape index (κ2) is 6.41. The largest absolute Gasteiger partial charge is 0.359 e. The molecular formula is C11H13Cl2NO3S. The van der Waals surface area contributed by atoms with Gasteiger partial charge in [0.1, 0.15) is 0 Å². The third-order valence-corrected chi connectivity index (χ3v) is 4.47. The summed E-state index contributed by atoms with van der Waals surface area (Å²) in [4.78, 5) is 11.0. The van der Waals surface area contributed by atoms with Crippen LogP contribution >= 0.6 is 23.2 Å². The summed E-state index contributed by atoms with van der Waals surface area (Å²) in [6.45, 7) is 0. The van der Waals surface area contributed by atoms with E-state index >= 15 is 0 Å². The maximum Gasteiger partial charge on any atom is 0.220 e. The van der Waals surface area contributed by atoms with Crippen molar-refractivity contribution in [2.24, 2.45) is 0 Å². The second-order valence-electron chi connectivity index (χ2n) is 3.75. The lowest BCUT2D eigenvalue weighted by atomic mass is 10.2. The van der Waals surface area contributed by atoms with Gasteiger partial charge in [0.2, 0.25) is 5.91 Å². The number of carbonyl (C=O) groups is 1. The lowest BCUT2D eigenvalue weighted by molar-refractivity contribution is -0.120. The van der Waals surface area contributed by atoms with Crippen LogP contribution in [-0.4, -0.2) is 27.1 Å². The molecule has 0 aliphatic rings. The van der Waals surface area contributed by atoms with Crippen molar-refractivity contribution >= 4 is 38.9 Å². The van der Waals surface area contributed by atoms with Gasteiger partial charge in [-0.15, -0.1) is 0 Å². The van der Waals surface area contributed by atoms with Gasteiger partial charge in [0.15, 0.2) is 9.84 Å². The highest BCUT2D eigenvalue weighted by atomic mass is 35.5. The first-order valence-corrected chi connectivity index (χ1v) is 7.77. The molecule has 18 heavy (non-hydrogen) atoms. The van der Waals surface area contributed by atoms with Crippen molar-refractivity contribution in [3.8, 4) is 0 Å². The molecule has 1 N–H and O–H groups in total. The average Bonchev–Trinajstić information content (AvgIpc) is 2.30. The van der Waals surface area contributed by atoms with Gasteiger partial charge in [0.25, 0.3) is 0 Å². The molecule has 0 aromatic heterocycles. The lowest BCUT2D eigenvalue weighted by Gasteiger charge is -2.06. The van der Waals surface area contributed by atoms with Crippen molar-refractivity contribution in [2.45, 2.75) is 12.2 Å². The number of sulfone groups is 1. The highest BCUT2D eigenvalue weighted by Gasteiger charge is 2.16. The topological polar surface area (TPSA) is 63.2 Å². The summed E-state index contributed by atoms with van der Waals surface area (Å²) in [7, 11) is -1.90. The van der Waals surface area contributed by atoms with Crippen LogP contribution in [0, 0.1) is 0 Å². The fourth-order valence-electron chi connectivity index (χ4n) is 1.32. The van der Waals surface area contributed by atoms with Gasteiger partial charge in [-0.3, -0.25) is 4.79 Å². The molecule has 0 saturated carbocycles. The van der Waals surface area contributed by atoms with Crippen LogP contribution in [0.15, 0.2) is 18.2 Å². The third-order valence-electron chi connectivity index (χ3n) is 2.31. The van der Waals surface area contributed by atoms with Gasteiger partial charge < -0.3 is 5.32 Å². The Labute approximate surface area is 116 Å². The van der Waals surface area contributed by atoms with Crippen molar-refractivity contribution in [1.82, 2.24) is 5.32 Å². The normalized spacial score (nSPS) is 11.3. The van der Waals surface area contributed by atoms with Gasteiger partial charge >= 0.3 is 0 Å². The molecule has 1 rings (SSSR count). The Hall–Kier alpha value is -0.780. The average molecular weight is 310 g/mol. The third kappa shape index (κ3) is 4.84. The first-order valence-electron chi connectivity index (χ1n) is 5.19. The first-order chi connectivity index (χ1) is 8.34. The van der Waals surface area contributed by atoms with Crippen LogP contribution in [-0.2, 0) is 20.4 Å². The van der Waals surface area contributed by atoms with Gasteiger partial charge in [-0.25, -0.2) is 8.42 Å². The van der Waals surface area contributed by atoms with Crippen LogP contribution in [0.1, 0.15) is 12.0 Å². The SMILES string of the molecule is CNC(=O)CCS(=O)(=O)Cc1ccc(Cl)cc1Cl. The Bertz CT molecular complexity index is 543. The standard InChI is InChI=1S/C11H13Cl2NO3S/c1-14-11(15)4-5-18(16,17)7-8-2-3-9(12)6-10(8)13/h2-3,6H,4-5,7H2,1H3,(H,14,15). The molecule has 0 heterocycles. The zero-order valence-electron chi connectivity index (χ0n) is 9.74. The van der Waals surface area contributed by atoms with Gasteiger partial charge in [0, 0.05) is 23.5 Å².